The van der Waals surface area contributed by atoms with Gasteiger partial charge in [-0.2, -0.15) is 0 Å². The normalized spacial score (nSPS) is 12.4. The van der Waals surface area contributed by atoms with Crippen molar-refractivity contribution >= 4 is 28.6 Å². The number of hydrogen-bond acceptors (Lipinski definition) is 3. The summed E-state index contributed by atoms with van der Waals surface area (Å²) in [6, 6.07) is 4.02. The van der Waals surface area contributed by atoms with E-state index >= 15 is 0 Å². The highest BCUT2D eigenvalue weighted by atomic mass is 127. The zero-order valence-corrected chi connectivity index (χ0v) is 9.43. The summed E-state index contributed by atoms with van der Waals surface area (Å²) in [5.41, 5.74) is 5.92. The van der Waals surface area contributed by atoms with Gasteiger partial charge in [-0.05, 0) is 46.4 Å². The van der Waals surface area contributed by atoms with E-state index in [1.807, 2.05) is 0 Å². The van der Waals surface area contributed by atoms with Crippen LogP contribution in [0.3, 0.4) is 0 Å². The predicted octanol–water partition coefficient (Wildman–Crippen LogP) is 0.951. The molecule has 76 valence electrons. The molecule has 0 saturated heterocycles. The van der Waals surface area contributed by atoms with Crippen molar-refractivity contribution in [1.82, 2.24) is 0 Å². The van der Waals surface area contributed by atoms with Crippen molar-refractivity contribution in [2.45, 2.75) is 12.5 Å². The van der Waals surface area contributed by atoms with Gasteiger partial charge in [0.05, 0.1) is 0 Å². The first-order valence-electron chi connectivity index (χ1n) is 3.96. The lowest BCUT2D eigenvalue weighted by Crippen LogP contribution is -2.32. The lowest BCUT2D eigenvalue weighted by Gasteiger charge is -2.08. The van der Waals surface area contributed by atoms with Gasteiger partial charge in [0.25, 0.3) is 0 Å². The quantitative estimate of drug-likeness (QED) is 0.726. The summed E-state index contributed by atoms with van der Waals surface area (Å²) in [6.07, 6.45) is 0.137. The lowest BCUT2D eigenvalue weighted by molar-refractivity contribution is -0.138. The summed E-state index contributed by atoms with van der Waals surface area (Å²) in [4.78, 5) is 10.5. The number of nitrogens with two attached hydrogens (primary N) is 1. The van der Waals surface area contributed by atoms with E-state index in [0.717, 1.165) is 3.57 Å². The molecule has 4 N–H and O–H groups in total. The van der Waals surface area contributed by atoms with Crippen molar-refractivity contribution in [3.63, 3.8) is 0 Å². The largest absolute Gasteiger partial charge is 0.508 e. The van der Waals surface area contributed by atoms with Gasteiger partial charge in [-0.15, -0.1) is 0 Å². The summed E-state index contributed by atoms with van der Waals surface area (Å²) in [6.45, 7) is 0. The summed E-state index contributed by atoms with van der Waals surface area (Å²) in [5, 5.41) is 18.0. The molecule has 1 atom stereocenters. The van der Waals surface area contributed by atoms with Crippen LogP contribution in [0.15, 0.2) is 18.2 Å². The second-order valence-electron chi connectivity index (χ2n) is 2.92. The Balaban J connectivity index is 2.85. The summed E-state index contributed by atoms with van der Waals surface area (Å²) >= 11 is 2.09. The first-order chi connectivity index (χ1) is 6.50. The van der Waals surface area contributed by atoms with Crippen LogP contribution in [0.4, 0.5) is 0 Å². The van der Waals surface area contributed by atoms with Gasteiger partial charge < -0.3 is 15.9 Å². The number of benzene rings is 1. The Labute approximate surface area is 94.9 Å². The molecule has 0 radical (unpaired) electrons. The van der Waals surface area contributed by atoms with E-state index in [-0.39, 0.29) is 12.2 Å². The van der Waals surface area contributed by atoms with Gasteiger partial charge in [-0.1, -0.05) is 0 Å². The molecule has 0 aliphatic rings. The molecule has 14 heavy (non-hydrogen) atoms. The number of phenolic OH excluding ortho intramolecular Hbond substituents is 1. The molecule has 0 fully saturated rings. The molecule has 5 heteroatoms. The van der Waals surface area contributed by atoms with Gasteiger partial charge in [-0.25, -0.2) is 0 Å². The van der Waals surface area contributed by atoms with Crippen LogP contribution in [0.25, 0.3) is 0 Å². The lowest BCUT2D eigenvalue weighted by atomic mass is 10.1. The van der Waals surface area contributed by atoms with Crippen molar-refractivity contribution in [2.24, 2.45) is 5.73 Å². The summed E-state index contributed by atoms with van der Waals surface area (Å²) < 4.78 is 0.938. The van der Waals surface area contributed by atoms with E-state index in [4.69, 9.17) is 10.8 Å². The Morgan fingerprint density at radius 1 is 1.57 bits per heavy atom. The van der Waals surface area contributed by atoms with Crippen LogP contribution >= 0.6 is 22.6 Å². The zero-order valence-electron chi connectivity index (χ0n) is 7.27. The fourth-order valence-electron chi connectivity index (χ4n) is 1.04. The van der Waals surface area contributed by atoms with E-state index in [9.17, 15) is 9.90 Å². The van der Waals surface area contributed by atoms with E-state index in [1.54, 1.807) is 12.1 Å². The molecule has 1 unspecified atom stereocenters. The second-order valence-corrected chi connectivity index (χ2v) is 4.17. The fraction of sp³-hybridized carbons (Fsp3) is 0.222. The highest BCUT2D eigenvalue weighted by Gasteiger charge is 2.14. The molecule has 0 saturated carbocycles. The minimum atomic E-state index is -1.07. The van der Waals surface area contributed by atoms with Crippen LogP contribution in [-0.2, 0) is 11.2 Å². The third kappa shape index (κ3) is 2.85. The minimum Gasteiger partial charge on any atom is -0.508 e. The van der Waals surface area contributed by atoms with Crippen LogP contribution in [0.5, 0.6) is 5.75 Å². The minimum absolute atomic E-state index is 0.0853. The van der Waals surface area contributed by atoms with Gasteiger partial charge in [0.1, 0.15) is 11.8 Å². The van der Waals surface area contributed by atoms with Crippen molar-refractivity contribution in [2.75, 3.05) is 0 Å². The maximum Gasteiger partial charge on any atom is 0.320 e. The smallest absolute Gasteiger partial charge is 0.320 e. The van der Waals surface area contributed by atoms with Gasteiger partial charge >= 0.3 is 5.97 Å². The van der Waals surface area contributed by atoms with Crippen molar-refractivity contribution in [3.8, 4) is 5.75 Å². The molecular formula is C9H10INO3. The first kappa shape index (κ1) is 11.3. The molecule has 1 aromatic carbocycles. The average molecular weight is 307 g/mol. The third-order valence-electron chi connectivity index (χ3n) is 1.80. The number of aliphatic carboxylic acids is 1. The maximum atomic E-state index is 10.5. The second kappa shape index (κ2) is 4.61. The van der Waals surface area contributed by atoms with Gasteiger partial charge in [0, 0.05) is 9.99 Å². The third-order valence-corrected chi connectivity index (χ3v) is 2.47. The Bertz CT molecular complexity index is 354. The molecule has 1 aromatic rings. The number of carboxylic acids is 1. The molecule has 0 spiro atoms. The van der Waals surface area contributed by atoms with Crippen LogP contribution in [0, 0.1) is 3.57 Å². The molecular weight excluding hydrogens is 297 g/mol. The number of rotatable bonds is 3. The number of aromatic hydroxyl groups is 1. The maximum absolute atomic E-state index is 10.5. The SMILES string of the molecule is NC(Cc1cc(I)ccc1O)C(=O)O. The van der Waals surface area contributed by atoms with Gasteiger partial charge in [0.15, 0.2) is 0 Å². The van der Waals surface area contributed by atoms with Crippen molar-refractivity contribution in [1.29, 1.82) is 0 Å². The molecule has 4 nitrogen and oxygen atoms in total. The molecule has 0 amide bonds. The van der Waals surface area contributed by atoms with E-state index < -0.39 is 12.0 Å². The molecule has 0 bridgehead atoms. The Hall–Kier alpha value is -0.820. The number of carbonyl (C=O) groups is 1. The fourth-order valence-corrected chi connectivity index (χ4v) is 1.60. The molecule has 0 aromatic heterocycles. The zero-order chi connectivity index (χ0) is 10.7. The Morgan fingerprint density at radius 3 is 2.79 bits per heavy atom. The molecule has 0 heterocycles. The topological polar surface area (TPSA) is 83.5 Å². The Kier molecular flexibility index (Phi) is 3.70. The van der Waals surface area contributed by atoms with Crippen LogP contribution in [-0.4, -0.2) is 22.2 Å². The highest BCUT2D eigenvalue weighted by molar-refractivity contribution is 14.1. The van der Waals surface area contributed by atoms with E-state index in [1.165, 1.54) is 6.07 Å². The Morgan fingerprint density at radius 2 is 2.21 bits per heavy atom. The summed E-state index contributed by atoms with van der Waals surface area (Å²) in [5.74, 6) is -0.981. The number of hydrogen-bond donors (Lipinski definition) is 3. The first-order valence-corrected chi connectivity index (χ1v) is 5.04. The van der Waals surface area contributed by atoms with Crippen LogP contribution < -0.4 is 5.73 Å². The molecule has 0 aliphatic carbocycles. The van der Waals surface area contributed by atoms with E-state index in [2.05, 4.69) is 22.6 Å². The number of carboxylic acid groups (broad SMARTS) is 1. The molecule has 0 aliphatic heterocycles. The van der Waals surface area contributed by atoms with Crippen molar-refractivity contribution in [3.05, 3.63) is 27.3 Å². The van der Waals surface area contributed by atoms with Crippen LogP contribution in [0.1, 0.15) is 5.56 Å². The van der Waals surface area contributed by atoms with Crippen molar-refractivity contribution < 1.29 is 15.0 Å². The van der Waals surface area contributed by atoms with Gasteiger partial charge in [-0.3, -0.25) is 4.79 Å². The number of phenols is 1. The monoisotopic (exact) mass is 307 g/mol. The number of halogens is 1. The van der Waals surface area contributed by atoms with Crippen LogP contribution in [0.2, 0.25) is 0 Å². The highest BCUT2D eigenvalue weighted by Crippen LogP contribution is 2.20. The van der Waals surface area contributed by atoms with Gasteiger partial charge in [0.2, 0.25) is 0 Å². The summed E-state index contributed by atoms with van der Waals surface area (Å²) in [7, 11) is 0. The standard InChI is InChI=1S/C9H10INO3/c10-6-1-2-8(12)5(3-6)4-7(11)9(13)14/h1-3,7,12H,4,11H2,(H,13,14). The average Bonchev–Trinajstić information content (AvgIpc) is 2.11. The molecule has 1 rings (SSSR count). The van der Waals surface area contributed by atoms with E-state index in [0.29, 0.717) is 5.56 Å². The predicted molar refractivity (Wildman–Crippen MR) is 60.1 cm³/mol.